The second-order valence-corrected chi connectivity index (χ2v) is 5.58. The second-order valence-electron chi connectivity index (χ2n) is 4.66. The summed E-state index contributed by atoms with van der Waals surface area (Å²) in [4.78, 5) is 12.0. The lowest BCUT2D eigenvalue weighted by Gasteiger charge is -2.11. The molecule has 122 valence electrons. The van der Waals surface area contributed by atoms with Crippen LogP contribution >= 0.6 is 15.9 Å². The quantitative estimate of drug-likeness (QED) is 0.750. The SMILES string of the molecule is COc1cc(OC)cc(OCCNC(=O)c2cccc(Br)c2)c1. The summed E-state index contributed by atoms with van der Waals surface area (Å²) in [5, 5.41) is 2.81. The minimum absolute atomic E-state index is 0.141. The number of carbonyl (C=O) groups excluding carboxylic acids is 1. The van der Waals surface area contributed by atoms with Crippen LogP contribution in [-0.2, 0) is 0 Å². The van der Waals surface area contributed by atoms with E-state index in [-0.39, 0.29) is 5.91 Å². The van der Waals surface area contributed by atoms with Crippen LogP contribution in [0.15, 0.2) is 46.9 Å². The number of benzene rings is 2. The standard InChI is InChI=1S/C17H18BrNO4/c1-21-14-9-15(22-2)11-16(10-14)23-7-6-19-17(20)12-4-3-5-13(18)8-12/h3-5,8-11H,6-7H2,1-2H3,(H,19,20). The van der Waals surface area contributed by atoms with E-state index in [0.717, 1.165) is 4.47 Å². The second kappa shape index (κ2) is 8.43. The van der Waals surface area contributed by atoms with Crippen LogP contribution in [0.5, 0.6) is 17.2 Å². The highest BCUT2D eigenvalue weighted by Gasteiger charge is 2.06. The molecule has 2 aromatic rings. The van der Waals surface area contributed by atoms with Crippen molar-refractivity contribution in [3.8, 4) is 17.2 Å². The minimum atomic E-state index is -0.141. The molecular formula is C17H18BrNO4. The number of nitrogens with one attached hydrogen (secondary N) is 1. The highest BCUT2D eigenvalue weighted by molar-refractivity contribution is 9.10. The zero-order valence-electron chi connectivity index (χ0n) is 13.0. The number of ether oxygens (including phenoxy) is 3. The fraction of sp³-hybridized carbons (Fsp3) is 0.235. The monoisotopic (exact) mass is 379 g/mol. The lowest BCUT2D eigenvalue weighted by atomic mass is 10.2. The molecule has 23 heavy (non-hydrogen) atoms. The number of carbonyl (C=O) groups is 1. The molecule has 0 aliphatic heterocycles. The van der Waals surface area contributed by atoms with Crippen molar-refractivity contribution in [2.75, 3.05) is 27.4 Å². The first kappa shape index (κ1) is 17.1. The highest BCUT2D eigenvalue weighted by Crippen LogP contribution is 2.27. The van der Waals surface area contributed by atoms with Crippen molar-refractivity contribution in [2.45, 2.75) is 0 Å². The normalized spacial score (nSPS) is 10.0. The Kier molecular flexibility index (Phi) is 6.29. The predicted octanol–water partition coefficient (Wildman–Crippen LogP) is 3.28. The molecule has 5 nitrogen and oxygen atoms in total. The zero-order valence-corrected chi connectivity index (χ0v) is 14.6. The summed E-state index contributed by atoms with van der Waals surface area (Å²) in [7, 11) is 3.16. The Morgan fingerprint density at radius 2 is 1.70 bits per heavy atom. The Hall–Kier alpha value is -2.21. The van der Waals surface area contributed by atoms with E-state index in [1.807, 2.05) is 12.1 Å². The van der Waals surface area contributed by atoms with Crippen LogP contribution in [0.4, 0.5) is 0 Å². The maximum atomic E-state index is 12.0. The van der Waals surface area contributed by atoms with Crippen LogP contribution in [0.25, 0.3) is 0 Å². The lowest BCUT2D eigenvalue weighted by molar-refractivity contribution is 0.0947. The van der Waals surface area contributed by atoms with Crippen LogP contribution < -0.4 is 19.5 Å². The summed E-state index contributed by atoms with van der Waals surface area (Å²) >= 11 is 3.34. The molecule has 0 heterocycles. The number of rotatable bonds is 7. The van der Waals surface area contributed by atoms with Crippen molar-refractivity contribution in [3.63, 3.8) is 0 Å². The van der Waals surface area contributed by atoms with Gasteiger partial charge in [0.2, 0.25) is 0 Å². The van der Waals surface area contributed by atoms with E-state index in [2.05, 4.69) is 21.2 Å². The molecule has 0 aromatic heterocycles. The lowest BCUT2D eigenvalue weighted by Crippen LogP contribution is -2.28. The molecular weight excluding hydrogens is 362 g/mol. The van der Waals surface area contributed by atoms with Gasteiger partial charge in [-0.05, 0) is 18.2 Å². The van der Waals surface area contributed by atoms with E-state index in [0.29, 0.717) is 36.0 Å². The fourth-order valence-electron chi connectivity index (χ4n) is 1.93. The average Bonchev–Trinajstić information content (AvgIpc) is 2.58. The van der Waals surface area contributed by atoms with Gasteiger partial charge >= 0.3 is 0 Å². The maximum absolute atomic E-state index is 12.0. The number of amides is 1. The van der Waals surface area contributed by atoms with Crippen LogP contribution in [0.2, 0.25) is 0 Å². The summed E-state index contributed by atoms with van der Waals surface area (Å²) in [5.74, 6) is 1.78. The maximum Gasteiger partial charge on any atom is 0.251 e. The van der Waals surface area contributed by atoms with Crippen molar-refractivity contribution < 1.29 is 19.0 Å². The van der Waals surface area contributed by atoms with Gasteiger partial charge in [0.15, 0.2) is 0 Å². The first-order valence-corrected chi connectivity index (χ1v) is 7.81. The molecule has 0 saturated carbocycles. The van der Waals surface area contributed by atoms with Crippen LogP contribution in [0, 0.1) is 0 Å². The largest absolute Gasteiger partial charge is 0.496 e. The van der Waals surface area contributed by atoms with E-state index in [9.17, 15) is 4.79 Å². The number of methoxy groups -OCH3 is 2. The number of hydrogen-bond donors (Lipinski definition) is 1. The molecule has 0 radical (unpaired) electrons. The molecule has 0 bridgehead atoms. The van der Waals surface area contributed by atoms with Crippen molar-refractivity contribution >= 4 is 21.8 Å². The van der Waals surface area contributed by atoms with Gasteiger partial charge in [0, 0.05) is 28.2 Å². The molecule has 0 spiro atoms. The topological polar surface area (TPSA) is 56.8 Å². The molecule has 6 heteroatoms. The van der Waals surface area contributed by atoms with Gasteiger partial charge in [0.05, 0.1) is 20.8 Å². The van der Waals surface area contributed by atoms with Gasteiger partial charge in [0.1, 0.15) is 23.9 Å². The molecule has 0 unspecified atom stereocenters. The van der Waals surface area contributed by atoms with E-state index in [1.165, 1.54) is 0 Å². The van der Waals surface area contributed by atoms with Crippen molar-refractivity contribution in [2.24, 2.45) is 0 Å². The van der Waals surface area contributed by atoms with E-state index in [1.54, 1.807) is 44.6 Å². The van der Waals surface area contributed by atoms with Crippen LogP contribution in [-0.4, -0.2) is 33.3 Å². The Morgan fingerprint density at radius 1 is 1.04 bits per heavy atom. The van der Waals surface area contributed by atoms with Crippen molar-refractivity contribution in [1.82, 2.24) is 5.32 Å². The Bertz CT molecular complexity index is 653. The first-order chi connectivity index (χ1) is 11.1. The molecule has 2 aromatic carbocycles. The molecule has 2 rings (SSSR count). The van der Waals surface area contributed by atoms with Gasteiger partial charge in [-0.2, -0.15) is 0 Å². The third kappa shape index (κ3) is 5.17. The van der Waals surface area contributed by atoms with Gasteiger partial charge < -0.3 is 19.5 Å². The Balaban J connectivity index is 1.84. The third-order valence-electron chi connectivity index (χ3n) is 3.07. The van der Waals surface area contributed by atoms with Gasteiger partial charge in [-0.1, -0.05) is 22.0 Å². The molecule has 0 aliphatic rings. The summed E-state index contributed by atoms with van der Waals surface area (Å²) in [6.07, 6.45) is 0. The average molecular weight is 380 g/mol. The predicted molar refractivity (Wildman–Crippen MR) is 91.5 cm³/mol. The summed E-state index contributed by atoms with van der Waals surface area (Å²) in [5.41, 5.74) is 0.599. The Morgan fingerprint density at radius 3 is 2.30 bits per heavy atom. The molecule has 0 aliphatic carbocycles. The van der Waals surface area contributed by atoms with Gasteiger partial charge in [0.25, 0.3) is 5.91 Å². The fourth-order valence-corrected chi connectivity index (χ4v) is 2.33. The highest BCUT2D eigenvalue weighted by atomic mass is 79.9. The Labute approximate surface area is 143 Å². The third-order valence-corrected chi connectivity index (χ3v) is 3.56. The van der Waals surface area contributed by atoms with Crippen LogP contribution in [0.1, 0.15) is 10.4 Å². The summed E-state index contributed by atoms with van der Waals surface area (Å²) in [6, 6.07) is 12.5. The summed E-state index contributed by atoms with van der Waals surface area (Å²) in [6.45, 7) is 0.737. The van der Waals surface area contributed by atoms with E-state index < -0.39 is 0 Å². The van der Waals surface area contributed by atoms with Crippen LogP contribution in [0.3, 0.4) is 0 Å². The smallest absolute Gasteiger partial charge is 0.251 e. The molecule has 1 N–H and O–H groups in total. The molecule has 0 saturated heterocycles. The molecule has 0 fully saturated rings. The van der Waals surface area contributed by atoms with E-state index >= 15 is 0 Å². The van der Waals surface area contributed by atoms with Crippen molar-refractivity contribution in [3.05, 3.63) is 52.5 Å². The first-order valence-electron chi connectivity index (χ1n) is 7.02. The van der Waals surface area contributed by atoms with Gasteiger partial charge in [-0.25, -0.2) is 0 Å². The van der Waals surface area contributed by atoms with E-state index in [4.69, 9.17) is 14.2 Å². The zero-order chi connectivity index (χ0) is 16.7. The summed E-state index contributed by atoms with van der Waals surface area (Å²) < 4.78 is 16.8. The minimum Gasteiger partial charge on any atom is -0.496 e. The number of halogens is 1. The van der Waals surface area contributed by atoms with Gasteiger partial charge in [-0.15, -0.1) is 0 Å². The van der Waals surface area contributed by atoms with Crippen molar-refractivity contribution in [1.29, 1.82) is 0 Å². The van der Waals surface area contributed by atoms with Gasteiger partial charge in [-0.3, -0.25) is 4.79 Å². The molecule has 1 amide bonds. The molecule has 0 atom stereocenters. The number of hydrogen-bond acceptors (Lipinski definition) is 4.